The zero-order valence-electron chi connectivity index (χ0n) is 5.63. The van der Waals surface area contributed by atoms with Gasteiger partial charge in [0, 0.05) is 0 Å². The first-order valence-electron chi connectivity index (χ1n) is 2.58. The summed E-state index contributed by atoms with van der Waals surface area (Å²) in [6.45, 7) is 1.44. The van der Waals surface area contributed by atoms with Gasteiger partial charge in [-0.3, -0.25) is 0 Å². The molecule has 0 spiro atoms. The molecule has 0 aliphatic carbocycles. The molecule has 0 N–H and O–H groups in total. The van der Waals surface area contributed by atoms with E-state index in [1.165, 1.54) is 0 Å². The van der Waals surface area contributed by atoms with E-state index in [9.17, 15) is 13.2 Å². The molecular formula is C5H8ClF3O. The second-order valence-electron chi connectivity index (χ2n) is 2.24. The summed E-state index contributed by atoms with van der Waals surface area (Å²) in [5.74, 6) is 0. The van der Waals surface area contributed by atoms with Crippen molar-refractivity contribution in [3.8, 4) is 0 Å². The Labute approximate surface area is 62.1 Å². The Balaban J connectivity index is 4.10. The fraction of sp³-hybridized carbons (Fsp3) is 1.00. The van der Waals surface area contributed by atoms with Crippen LogP contribution in [0.5, 0.6) is 0 Å². The van der Waals surface area contributed by atoms with Crippen molar-refractivity contribution in [3.05, 3.63) is 0 Å². The van der Waals surface area contributed by atoms with Crippen molar-refractivity contribution in [2.45, 2.75) is 25.6 Å². The van der Waals surface area contributed by atoms with Gasteiger partial charge in [-0.25, -0.2) is 4.39 Å². The van der Waals surface area contributed by atoms with Crippen LogP contribution in [0.3, 0.4) is 0 Å². The zero-order chi connectivity index (χ0) is 8.41. The Morgan fingerprint density at radius 1 is 1.30 bits per heavy atom. The van der Waals surface area contributed by atoms with Crippen molar-refractivity contribution in [2.75, 3.05) is 6.07 Å². The van der Waals surface area contributed by atoms with Crippen LogP contribution >= 0.6 is 11.6 Å². The summed E-state index contributed by atoms with van der Waals surface area (Å²) in [5.41, 5.74) is -2.69. The van der Waals surface area contributed by atoms with Crippen LogP contribution < -0.4 is 0 Å². The van der Waals surface area contributed by atoms with E-state index in [4.69, 9.17) is 11.6 Å². The molecule has 0 saturated carbocycles. The third-order valence-corrected chi connectivity index (χ3v) is 1.04. The smallest absolute Gasteiger partial charge is 0.302 e. The molecule has 0 bridgehead atoms. The highest BCUT2D eigenvalue weighted by atomic mass is 35.5. The van der Waals surface area contributed by atoms with Crippen molar-refractivity contribution < 1.29 is 17.9 Å². The van der Waals surface area contributed by atoms with Gasteiger partial charge in [-0.1, -0.05) is 11.6 Å². The summed E-state index contributed by atoms with van der Waals surface area (Å²) in [4.78, 5) is 0. The predicted molar refractivity (Wildman–Crippen MR) is 31.9 cm³/mol. The van der Waals surface area contributed by atoms with E-state index in [1.54, 1.807) is 0 Å². The highest BCUT2D eigenvalue weighted by Gasteiger charge is 2.48. The molecule has 0 fully saturated rings. The molecule has 0 unspecified atom stereocenters. The number of ether oxygens (including phenoxy) is 1. The molecule has 0 aromatic rings. The first-order chi connectivity index (χ1) is 4.31. The molecule has 1 nitrogen and oxygen atoms in total. The number of halogens is 4. The summed E-state index contributed by atoms with van der Waals surface area (Å²) in [6.07, 6.45) is -3.81. The van der Waals surface area contributed by atoms with E-state index < -0.39 is 17.8 Å². The minimum atomic E-state index is -3.81. The molecule has 0 aliphatic rings. The van der Waals surface area contributed by atoms with Crippen molar-refractivity contribution >= 4 is 11.6 Å². The largest absolute Gasteiger partial charge is 0.390 e. The summed E-state index contributed by atoms with van der Waals surface area (Å²) in [7, 11) is 0. The number of alkyl halides is 4. The maximum atomic E-state index is 12.4. The highest BCUT2D eigenvalue weighted by molar-refractivity contribution is 6.17. The highest BCUT2D eigenvalue weighted by Crippen LogP contribution is 2.32. The first-order valence-corrected chi connectivity index (χ1v) is 3.11. The number of hydrogen-bond acceptors (Lipinski definition) is 1. The van der Waals surface area contributed by atoms with E-state index in [1.807, 2.05) is 0 Å². The van der Waals surface area contributed by atoms with Crippen molar-refractivity contribution in [1.82, 2.24) is 0 Å². The van der Waals surface area contributed by atoms with Gasteiger partial charge in [-0.2, -0.15) is 8.78 Å². The Morgan fingerprint density at radius 3 is 1.80 bits per heavy atom. The topological polar surface area (TPSA) is 9.23 Å². The first kappa shape index (κ1) is 10.0. The van der Waals surface area contributed by atoms with E-state index in [2.05, 4.69) is 4.74 Å². The van der Waals surface area contributed by atoms with Crippen LogP contribution in [0, 0.1) is 0 Å². The van der Waals surface area contributed by atoms with Gasteiger partial charge in [0.25, 0.3) is 0 Å². The molecular weight excluding hydrogens is 169 g/mol. The second-order valence-corrected chi connectivity index (χ2v) is 2.46. The van der Waals surface area contributed by atoms with E-state index in [0.29, 0.717) is 0 Å². The van der Waals surface area contributed by atoms with Gasteiger partial charge >= 0.3 is 6.11 Å². The lowest BCUT2D eigenvalue weighted by Crippen LogP contribution is -2.41. The standard InChI is InChI=1S/C5H8ClF3O/c1-4(2,7)5(8,9)10-3-6/h3H2,1-2H3. The van der Waals surface area contributed by atoms with Crippen LogP contribution in [0.25, 0.3) is 0 Å². The van der Waals surface area contributed by atoms with Gasteiger partial charge in [0.1, 0.15) is 6.07 Å². The van der Waals surface area contributed by atoms with E-state index in [0.717, 1.165) is 13.8 Å². The Hall–Kier alpha value is 0.0400. The SMILES string of the molecule is CC(C)(F)C(F)(F)OCCl. The summed E-state index contributed by atoms with van der Waals surface area (Å²) >= 11 is 4.82. The van der Waals surface area contributed by atoms with Crippen molar-refractivity contribution in [1.29, 1.82) is 0 Å². The average molecular weight is 177 g/mol. The predicted octanol–water partition coefficient (Wildman–Crippen LogP) is 2.54. The fourth-order valence-corrected chi connectivity index (χ4v) is 0.377. The lowest BCUT2D eigenvalue weighted by atomic mass is 10.1. The van der Waals surface area contributed by atoms with Gasteiger partial charge < -0.3 is 4.74 Å². The molecule has 0 aliphatic heterocycles. The Kier molecular flexibility index (Phi) is 2.98. The number of hydrogen-bond donors (Lipinski definition) is 0. The molecule has 0 atom stereocenters. The van der Waals surface area contributed by atoms with Crippen LogP contribution in [0.1, 0.15) is 13.8 Å². The van der Waals surface area contributed by atoms with Crippen LogP contribution in [0.2, 0.25) is 0 Å². The maximum Gasteiger partial charge on any atom is 0.390 e. The van der Waals surface area contributed by atoms with Crippen LogP contribution in [0.15, 0.2) is 0 Å². The monoisotopic (exact) mass is 176 g/mol. The van der Waals surface area contributed by atoms with Crippen molar-refractivity contribution in [2.24, 2.45) is 0 Å². The summed E-state index contributed by atoms with van der Waals surface area (Å²) in [5, 5.41) is 0. The molecule has 5 heteroatoms. The minimum absolute atomic E-state index is 0.722. The maximum absolute atomic E-state index is 12.4. The Bertz CT molecular complexity index is 110. The molecule has 62 valence electrons. The lowest BCUT2D eigenvalue weighted by Gasteiger charge is -2.24. The van der Waals surface area contributed by atoms with E-state index >= 15 is 0 Å². The molecule has 0 amide bonds. The molecule has 0 saturated heterocycles. The van der Waals surface area contributed by atoms with Gasteiger partial charge in [0.05, 0.1) is 0 Å². The molecule has 10 heavy (non-hydrogen) atoms. The molecule has 0 aromatic heterocycles. The average Bonchev–Trinajstić information content (AvgIpc) is 1.61. The summed E-state index contributed by atoms with van der Waals surface area (Å²) < 4.78 is 40.6. The Morgan fingerprint density at radius 2 is 1.70 bits per heavy atom. The van der Waals surface area contributed by atoms with Gasteiger partial charge in [0.2, 0.25) is 0 Å². The third kappa shape index (κ3) is 2.34. The zero-order valence-corrected chi connectivity index (χ0v) is 6.38. The quantitative estimate of drug-likeness (QED) is 0.601. The van der Waals surface area contributed by atoms with Crippen LogP contribution in [-0.2, 0) is 4.74 Å². The van der Waals surface area contributed by atoms with Gasteiger partial charge in [-0.15, -0.1) is 0 Å². The van der Waals surface area contributed by atoms with Gasteiger partial charge in [-0.05, 0) is 13.8 Å². The van der Waals surface area contributed by atoms with E-state index in [-0.39, 0.29) is 0 Å². The molecule has 0 aromatic carbocycles. The fourth-order valence-electron chi connectivity index (χ4n) is 0.240. The molecule has 0 heterocycles. The normalized spacial score (nSPS) is 13.8. The molecule has 0 radical (unpaired) electrons. The minimum Gasteiger partial charge on any atom is -0.302 e. The van der Waals surface area contributed by atoms with Crippen LogP contribution in [0.4, 0.5) is 13.2 Å². The molecule has 0 rings (SSSR count). The van der Waals surface area contributed by atoms with Crippen LogP contribution in [-0.4, -0.2) is 17.8 Å². The second kappa shape index (κ2) is 2.96. The third-order valence-electron chi connectivity index (χ3n) is 0.928. The van der Waals surface area contributed by atoms with Crippen molar-refractivity contribution in [3.63, 3.8) is 0 Å². The lowest BCUT2D eigenvalue weighted by molar-refractivity contribution is -0.292. The summed E-state index contributed by atoms with van der Waals surface area (Å²) in [6, 6.07) is -0.722. The number of rotatable bonds is 3. The van der Waals surface area contributed by atoms with Gasteiger partial charge in [0.15, 0.2) is 5.67 Å².